The summed E-state index contributed by atoms with van der Waals surface area (Å²) in [4.78, 5) is 9.78. The quantitative estimate of drug-likeness (QED) is 0.870. The van der Waals surface area contributed by atoms with Gasteiger partial charge >= 0.3 is 0 Å². The van der Waals surface area contributed by atoms with Gasteiger partial charge in [-0.3, -0.25) is 0 Å². The van der Waals surface area contributed by atoms with Crippen LogP contribution in [0.15, 0.2) is 35.2 Å². The summed E-state index contributed by atoms with van der Waals surface area (Å²) in [6.07, 6.45) is 0.863. The normalized spacial score (nSPS) is 10.6. The van der Waals surface area contributed by atoms with Gasteiger partial charge in [-0.25, -0.2) is 9.97 Å². The van der Waals surface area contributed by atoms with Crippen molar-refractivity contribution >= 4 is 29.2 Å². The van der Waals surface area contributed by atoms with Crippen molar-refractivity contribution in [3.63, 3.8) is 0 Å². The summed E-state index contributed by atoms with van der Waals surface area (Å²) in [5.74, 6) is 1.98. The molecular weight excluding hydrogens is 266 g/mol. The Hall–Kier alpha value is -1.26. The second-order valence-electron chi connectivity index (χ2n) is 3.80. The van der Waals surface area contributed by atoms with E-state index in [-0.39, 0.29) is 0 Å². The Kier molecular flexibility index (Phi) is 4.44. The number of thioether (sulfide) groups is 1. The van der Waals surface area contributed by atoms with Crippen LogP contribution in [-0.2, 0) is 12.2 Å². The van der Waals surface area contributed by atoms with E-state index in [9.17, 15) is 0 Å². The molecule has 2 rings (SSSR count). The predicted molar refractivity (Wildman–Crippen MR) is 76.8 cm³/mol. The average Bonchev–Trinajstić information content (AvgIpc) is 2.36. The summed E-state index contributed by atoms with van der Waals surface area (Å²) in [7, 11) is 0. The third-order valence-corrected chi connectivity index (χ3v) is 3.60. The van der Waals surface area contributed by atoms with Crippen LogP contribution in [0.4, 0.5) is 5.82 Å². The van der Waals surface area contributed by atoms with Gasteiger partial charge < -0.3 is 5.73 Å². The molecule has 0 saturated heterocycles. The lowest BCUT2D eigenvalue weighted by atomic mass is 10.3. The van der Waals surface area contributed by atoms with Crippen LogP contribution in [-0.4, -0.2) is 9.97 Å². The number of benzene rings is 1. The topological polar surface area (TPSA) is 51.8 Å². The molecular formula is C13H14ClN3S. The van der Waals surface area contributed by atoms with Crippen LogP contribution in [0, 0.1) is 0 Å². The minimum atomic E-state index is 0.531. The van der Waals surface area contributed by atoms with E-state index < -0.39 is 0 Å². The second kappa shape index (κ2) is 6.07. The van der Waals surface area contributed by atoms with Crippen molar-refractivity contribution in [3.8, 4) is 0 Å². The molecule has 1 aromatic carbocycles. The Morgan fingerprint density at radius 1 is 1.28 bits per heavy atom. The summed E-state index contributed by atoms with van der Waals surface area (Å²) in [5.41, 5.74) is 6.72. The maximum absolute atomic E-state index is 5.93. The first-order valence-corrected chi connectivity index (χ1v) is 7.04. The van der Waals surface area contributed by atoms with Crippen molar-refractivity contribution in [2.75, 3.05) is 5.73 Å². The van der Waals surface area contributed by atoms with Gasteiger partial charge in [0.2, 0.25) is 0 Å². The number of aryl methyl sites for hydroxylation is 1. The van der Waals surface area contributed by atoms with Gasteiger partial charge in [-0.1, -0.05) is 24.6 Å². The standard InChI is InChI=1S/C13H14ClN3S/c1-2-10-7-12(15)17-13(16-10)8-18-11-5-3-4-9(14)6-11/h3-7H,2,8H2,1H3,(H2,15,16,17). The van der Waals surface area contributed by atoms with Crippen LogP contribution in [0.1, 0.15) is 18.4 Å². The van der Waals surface area contributed by atoms with Gasteiger partial charge in [0, 0.05) is 21.7 Å². The van der Waals surface area contributed by atoms with Gasteiger partial charge in [0.1, 0.15) is 11.6 Å². The van der Waals surface area contributed by atoms with Crippen molar-refractivity contribution in [1.29, 1.82) is 0 Å². The van der Waals surface area contributed by atoms with Gasteiger partial charge in [0.25, 0.3) is 0 Å². The van der Waals surface area contributed by atoms with Crippen LogP contribution < -0.4 is 5.73 Å². The highest BCUT2D eigenvalue weighted by atomic mass is 35.5. The molecule has 0 spiro atoms. The molecule has 0 atom stereocenters. The minimum Gasteiger partial charge on any atom is -0.384 e. The highest BCUT2D eigenvalue weighted by molar-refractivity contribution is 7.98. The third kappa shape index (κ3) is 3.62. The van der Waals surface area contributed by atoms with E-state index in [0.717, 1.165) is 27.9 Å². The molecule has 1 aromatic heterocycles. The lowest BCUT2D eigenvalue weighted by Crippen LogP contribution is -2.01. The van der Waals surface area contributed by atoms with E-state index in [1.807, 2.05) is 30.3 Å². The van der Waals surface area contributed by atoms with Crippen molar-refractivity contribution in [2.45, 2.75) is 24.0 Å². The van der Waals surface area contributed by atoms with E-state index in [1.54, 1.807) is 11.8 Å². The van der Waals surface area contributed by atoms with Gasteiger partial charge in [0.05, 0.1) is 5.75 Å². The fourth-order valence-electron chi connectivity index (χ4n) is 1.53. The SMILES string of the molecule is CCc1cc(N)nc(CSc2cccc(Cl)c2)n1. The number of nitrogen functional groups attached to an aromatic ring is 1. The van der Waals surface area contributed by atoms with Crippen molar-refractivity contribution in [1.82, 2.24) is 9.97 Å². The molecule has 0 radical (unpaired) electrons. The number of hydrogen-bond acceptors (Lipinski definition) is 4. The fourth-order valence-corrected chi connectivity index (χ4v) is 2.59. The molecule has 0 unspecified atom stereocenters. The third-order valence-electron chi connectivity index (χ3n) is 2.37. The molecule has 0 aliphatic carbocycles. The summed E-state index contributed by atoms with van der Waals surface area (Å²) in [5, 5.41) is 0.739. The number of aromatic nitrogens is 2. The number of nitrogens with zero attached hydrogens (tertiary/aromatic N) is 2. The van der Waals surface area contributed by atoms with Crippen LogP contribution in [0.2, 0.25) is 5.02 Å². The number of anilines is 1. The van der Waals surface area contributed by atoms with E-state index in [0.29, 0.717) is 11.6 Å². The zero-order valence-corrected chi connectivity index (χ0v) is 11.6. The van der Waals surface area contributed by atoms with E-state index in [2.05, 4.69) is 16.9 Å². The molecule has 3 nitrogen and oxygen atoms in total. The van der Waals surface area contributed by atoms with Gasteiger partial charge in [-0.2, -0.15) is 0 Å². The number of rotatable bonds is 4. The average molecular weight is 280 g/mol. The summed E-state index contributed by atoms with van der Waals surface area (Å²) in [6.45, 7) is 2.05. The highest BCUT2D eigenvalue weighted by Crippen LogP contribution is 2.24. The van der Waals surface area contributed by atoms with Crippen LogP contribution >= 0.6 is 23.4 Å². The molecule has 0 fully saturated rings. The van der Waals surface area contributed by atoms with Crippen LogP contribution in [0.25, 0.3) is 0 Å². The van der Waals surface area contributed by atoms with E-state index in [4.69, 9.17) is 17.3 Å². The highest BCUT2D eigenvalue weighted by Gasteiger charge is 2.03. The Balaban J connectivity index is 2.08. The molecule has 0 aliphatic heterocycles. The fraction of sp³-hybridized carbons (Fsp3) is 0.231. The molecule has 0 aliphatic rings. The van der Waals surface area contributed by atoms with E-state index >= 15 is 0 Å². The zero-order chi connectivity index (χ0) is 13.0. The first-order valence-electron chi connectivity index (χ1n) is 5.68. The smallest absolute Gasteiger partial charge is 0.141 e. The van der Waals surface area contributed by atoms with Gasteiger partial charge in [0.15, 0.2) is 0 Å². The number of halogens is 1. The first kappa shape index (κ1) is 13.2. The summed E-state index contributed by atoms with van der Waals surface area (Å²) >= 11 is 7.59. The Bertz CT molecular complexity index is 546. The maximum Gasteiger partial charge on any atom is 0.141 e. The zero-order valence-electron chi connectivity index (χ0n) is 10.1. The maximum atomic E-state index is 5.93. The second-order valence-corrected chi connectivity index (χ2v) is 5.29. The van der Waals surface area contributed by atoms with Crippen molar-refractivity contribution in [3.05, 3.63) is 46.9 Å². The molecule has 1 heterocycles. The molecule has 18 heavy (non-hydrogen) atoms. The molecule has 0 bridgehead atoms. The van der Waals surface area contributed by atoms with Crippen molar-refractivity contribution < 1.29 is 0 Å². The number of hydrogen-bond donors (Lipinski definition) is 1. The largest absolute Gasteiger partial charge is 0.384 e. The van der Waals surface area contributed by atoms with Gasteiger partial charge in [-0.05, 0) is 24.6 Å². The van der Waals surface area contributed by atoms with Crippen molar-refractivity contribution in [2.24, 2.45) is 0 Å². The predicted octanol–water partition coefficient (Wildman–Crippen LogP) is 3.57. The summed E-state index contributed by atoms with van der Waals surface area (Å²) < 4.78 is 0. The molecule has 0 amide bonds. The van der Waals surface area contributed by atoms with E-state index in [1.165, 1.54) is 0 Å². The van der Waals surface area contributed by atoms with Crippen LogP contribution in [0.5, 0.6) is 0 Å². The molecule has 94 valence electrons. The first-order chi connectivity index (χ1) is 8.67. The van der Waals surface area contributed by atoms with Gasteiger partial charge in [-0.15, -0.1) is 11.8 Å². The lowest BCUT2D eigenvalue weighted by Gasteiger charge is -2.04. The lowest BCUT2D eigenvalue weighted by molar-refractivity contribution is 0.945. The minimum absolute atomic E-state index is 0.531. The molecule has 5 heteroatoms. The van der Waals surface area contributed by atoms with Crippen LogP contribution in [0.3, 0.4) is 0 Å². The molecule has 0 saturated carbocycles. The Morgan fingerprint density at radius 3 is 2.83 bits per heavy atom. The summed E-state index contributed by atoms with van der Waals surface area (Å²) in [6, 6.07) is 9.55. The number of nitrogens with two attached hydrogens (primary N) is 1. The Labute approximate surface area is 116 Å². The molecule has 2 N–H and O–H groups in total. The molecule has 2 aromatic rings. The Morgan fingerprint density at radius 2 is 2.11 bits per heavy atom. The monoisotopic (exact) mass is 279 g/mol.